The van der Waals surface area contributed by atoms with Crippen LogP contribution in [0.3, 0.4) is 0 Å². The molecule has 4 nitrogen and oxygen atoms in total. The van der Waals surface area contributed by atoms with Gasteiger partial charge in [-0.2, -0.15) is 0 Å². The van der Waals surface area contributed by atoms with Crippen molar-refractivity contribution in [3.8, 4) is 0 Å². The van der Waals surface area contributed by atoms with Crippen LogP contribution in [0.5, 0.6) is 0 Å². The third kappa shape index (κ3) is 3.05. The number of rotatable bonds is 5. The zero-order valence-corrected chi connectivity index (χ0v) is 13.2. The molecule has 0 aliphatic carbocycles. The molecule has 1 aliphatic heterocycles. The summed E-state index contributed by atoms with van der Waals surface area (Å²) in [4.78, 5) is 25.9. The Bertz CT molecular complexity index is 522. The zero-order chi connectivity index (χ0) is 15.4. The Morgan fingerprint density at radius 3 is 2.38 bits per heavy atom. The minimum atomic E-state index is -0.561. The number of anilines is 1. The molecule has 1 heterocycles. The zero-order valence-electron chi connectivity index (χ0n) is 12.4. The van der Waals surface area contributed by atoms with E-state index in [1.54, 1.807) is 4.90 Å². The Balaban J connectivity index is 2.55. The molecule has 21 heavy (non-hydrogen) atoms. The Morgan fingerprint density at radius 1 is 1.33 bits per heavy atom. The lowest BCUT2D eigenvalue weighted by Crippen LogP contribution is -2.45. The molecule has 1 aromatic rings. The number of aryl methyl sites for hydroxylation is 2. The van der Waals surface area contributed by atoms with Crippen LogP contribution in [0.2, 0.25) is 0 Å². The fourth-order valence-corrected chi connectivity index (χ4v) is 2.89. The predicted molar refractivity (Wildman–Crippen MR) is 82.8 cm³/mol. The van der Waals surface area contributed by atoms with E-state index in [1.807, 2.05) is 32.0 Å². The number of esters is 1. The molecule has 1 aromatic carbocycles. The molecule has 114 valence electrons. The maximum atomic E-state index is 12.4. The van der Waals surface area contributed by atoms with E-state index in [-0.39, 0.29) is 17.8 Å². The van der Waals surface area contributed by atoms with Crippen molar-refractivity contribution >= 4 is 29.2 Å². The first-order chi connectivity index (χ1) is 10.1. The summed E-state index contributed by atoms with van der Waals surface area (Å²) in [6, 6.07) is 5.40. The molecule has 5 heteroatoms. The molecule has 2 rings (SSSR count). The van der Waals surface area contributed by atoms with Crippen molar-refractivity contribution in [3.05, 3.63) is 29.3 Å². The number of ether oxygens (including phenoxy) is 1. The Morgan fingerprint density at radius 2 is 1.95 bits per heavy atom. The number of carbonyl (C=O) groups is 2. The molecule has 1 unspecified atom stereocenters. The number of carbonyl (C=O) groups excluding carboxylic acids is 2. The Hall–Kier alpha value is -1.55. The highest BCUT2D eigenvalue weighted by Crippen LogP contribution is 2.31. The van der Waals surface area contributed by atoms with Crippen molar-refractivity contribution in [2.45, 2.75) is 39.2 Å². The van der Waals surface area contributed by atoms with Crippen molar-refractivity contribution in [3.63, 3.8) is 0 Å². The quantitative estimate of drug-likeness (QED) is 0.620. The Labute approximate surface area is 130 Å². The Kier molecular flexibility index (Phi) is 5.23. The minimum Gasteiger partial charge on any atom is -0.464 e. The summed E-state index contributed by atoms with van der Waals surface area (Å²) in [6.07, 6.45) is 2.09. The van der Waals surface area contributed by atoms with Crippen LogP contribution >= 0.6 is 11.6 Å². The highest BCUT2D eigenvalue weighted by Gasteiger charge is 2.37. The van der Waals surface area contributed by atoms with Crippen LogP contribution in [0.4, 0.5) is 5.69 Å². The van der Waals surface area contributed by atoms with Gasteiger partial charge >= 0.3 is 5.97 Å². The van der Waals surface area contributed by atoms with Gasteiger partial charge in [0.2, 0.25) is 5.91 Å². The van der Waals surface area contributed by atoms with Crippen molar-refractivity contribution in [2.75, 3.05) is 17.4 Å². The summed E-state index contributed by atoms with van der Waals surface area (Å²) in [5.74, 6) is -0.747. The number of amides is 1. The first-order valence-electron chi connectivity index (χ1n) is 7.29. The van der Waals surface area contributed by atoms with Gasteiger partial charge in [-0.25, -0.2) is 4.79 Å². The highest BCUT2D eigenvalue weighted by molar-refractivity contribution is 6.30. The van der Waals surface area contributed by atoms with Crippen LogP contribution in [0.15, 0.2) is 18.2 Å². The number of halogens is 1. The van der Waals surface area contributed by atoms with E-state index < -0.39 is 6.04 Å². The molecular formula is C16H20ClNO3. The average molecular weight is 310 g/mol. The fourth-order valence-electron chi connectivity index (χ4n) is 2.76. The maximum Gasteiger partial charge on any atom is 0.329 e. The van der Waals surface area contributed by atoms with Crippen LogP contribution < -0.4 is 4.90 Å². The minimum absolute atomic E-state index is 0.148. The second kappa shape index (κ2) is 6.94. The van der Waals surface area contributed by atoms with Gasteiger partial charge in [-0.1, -0.05) is 32.0 Å². The van der Waals surface area contributed by atoms with Crippen LogP contribution in [0.1, 0.15) is 31.4 Å². The van der Waals surface area contributed by atoms with Gasteiger partial charge in [-0.3, -0.25) is 9.69 Å². The van der Waals surface area contributed by atoms with Gasteiger partial charge in [0.1, 0.15) is 11.9 Å². The highest BCUT2D eigenvalue weighted by atomic mass is 35.5. The van der Waals surface area contributed by atoms with Crippen LogP contribution in [-0.2, 0) is 27.2 Å². The molecule has 1 fully saturated rings. The van der Waals surface area contributed by atoms with E-state index in [2.05, 4.69) is 0 Å². The maximum absolute atomic E-state index is 12.4. The number of hydrogen-bond acceptors (Lipinski definition) is 3. The smallest absolute Gasteiger partial charge is 0.329 e. The van der Waals surface area contributed by atoms with Gasteiger partial charge in [0.25, 0.3) is 0 Å². The molecule has 1 aliphatic rings. The van der Waals surface area contributed by atoms with Crippen molar-refractivity contribution < 1.29 is 14.3 Å². The first kappa shape index (κ1) is 15.8. The topological polar surface area (TPSA) is 46.6 Å². The summed E-state index contributed by atoms with van der Waals surface area (Å²) >= 11 is 5.77. The molecule has 0 spiro atoms. The standard InChI is InChI=1S/C16H20ClNO3/c1-3-11-6-5-7-12(4-2)15(11)18(14(19)10-17)13-8-9-21-16(13)20/h5-7,13H,3-4,8-10H2,1-2H3. The molecule has 0 radical (unpaired) electrons. The normalized spacial score (nSPS) is 17.7. The van der Waals surface area contributed by atoms with Crippen LogP contribution in [0.25, 0.3) is 0 Å². The monoisotopic (exact) mass is 309 g/mol. The van der Waals surface area contributed by atoms with E-state index in [9.17, 15) is 9.59 Å². The number of para-hydroxylation sites is 1. The number of benzene rings is 1. The van der Waals surface area contributed by atoms with Gasteiger partial charge in [0.15, 0.2) is 0 Å². The third-order valence-electron chi connectivity index (χ3n) is 3.81. The molecule has 0 saturated carbocycles. The molecule has 1 amide bonds. The number of cyclic esters (lactones) is 1. The van der Waals surface area contributed by atoms with Crippen LogP contribution in [-0.4, -0.2) is 30.4 Å². The first-order valence-corrected chi connectivity index (χ1v) is 7.82. The molecule has 0 bridgehead atoms. The molecule has 1 saturated heterocycles. The summed E-state index contributed by atoms with van der Waals surface area (Å²) in [5, 5.41) is 0. The van der Waals surface area contributed by atoms with E-state index in [0.717, 1.165) is 29.7 Å². The van der Waals surface area contributed by atoms with Gasteiger partial charge in [0, 0.05) is 6.42 Å². The van der Waals surface area contributed by atoms with Crippen molar-refractivity contribution in [1.82, 2.24) is 0 Å². The van der Waals surface area contributed by atoms with E-state index in [4.69, 9.17) is 16.3 Å². The summed E-state index contributed by atoms with van der Waals surface area (Å²) < 4.78 is 5.03. The van der Waals surface area contributed by atoms with Crippen molar-refractivity contribution in [1.29, 1.82) is 0 Å². The molecular weight excluding hydrogens is 290 g/mol. The van der Waals surface area contributed by atoms with Crippen molar-refractivity contribution in [2.24, 2.45) is 0 Å². The van der Waals surface area contributed by atoms with Crippen LogP contribution in [0, 0.1) is 0 Å². The van der Waals surface area contributed by atoms with Gasteiger partial charge in [-0.15, -0.1) is 11.6 Å². The molecule has 0 aromatic heterocycles. The average Bonchev–Trinajstić information content (AvgIpc) is 2.93. The van der Waals surface area contributed by atoms with E-state index in [0.29, 0.717) is 13.0 Å². The largest absolute Gasteiger partial charge is 0.464 e. The number of nitrogens with zero attached hydrogens (tertiary/aromatic N) is 1. The van der Waals surface area contributed by atoms with E-state index >= 15 is 0 Å². The predicted octanol–water partition coefficient (Wildman–Crippen LogP) is 2.70. The lowest BCUT2D eigenvalue weighted by atomic mass is 10.00. The van der Waals surface area contributed by atoms with Gasteiger partial charge in [0.05, 0.1) is 12.3 Å². The van der Waals surface area contributed by atoms with Gasteiger partial charge < -0.3 is 4.74 Å². The summed E-state index contributed by atoms with van der Waals surface area (Å²) in [6.45, 7) is 4.43. The second-order valence-electron chi connectivity index (χ2n) is 5.00. The lowest BCUT2D eigenvalue weighted by molar-refractivity contribution is -0.140. The number of hydrogen-bond donors (Lipinski definition) is 0. The SMILES string of the molecule is CCc1cccc(CC)c1N(C(=O)CCl)C1CCOC1=O. The fraction of sp³-hybridized carbons (Fsp3) is 0.500. The number of alkyl halides is 1. The second-order valence-corrected chi connectivity index (χ2v) is 5.27. The van der Waals surface area contributed by atoms with Gasteiger partial charge in [-0.05, 0) is 24.0 Å². The lowest BCUT2D eigenvalue weighted by Gasteiger charge is -2.30. The molecule has 1 atom stereocenters. The molecule has 0 N–H and O–H groups in total. The summed E-state index contributed by atoms with van der Waals surface area (Å²) in [7, 11) is 0. The van der Waals surface area contributed by atoms with E-state index in [1.165, 1.54) is 0 Å². The summed E-state index contributed by atoms with van der Waals surface area (Å²) in [5.41, 5.74) is 2.93. The third-order valence-corrected chi connectivity index (χ3v) is 4.04.